The molecule has 2 rings (SSSR count). The van der Waals surface area contributed by atoms with Gasteiger partial charge in [-0.1, -0.05) is 0 Å². The van der Waals surface area contributed by atoms with Crippen molar-refractivity contribution in [3.8, 4) is 0 Å². The number of carbonyl (C=O) groups is 1. The molecule has 0 radical (unpaired) electrons. The molecule has 13 heavy (non-hydrogen) atoms. The van der Waals surface area contributed by atoms with E-state index in [1.54, 1.807) is 0 Å². The second-order valence-corrected chi connectivity index (χ2v) is 4.29. The van der Waals surface area contributed by atoms with Gasteiger partial charge in [-0.25, -0.2) is 0 Å². The summed E-state index contributed by atoms with van der Waals surface area (Å²) < 4.78 is 0. The summed E-state index contributed by atoms with van der Waals surface area (Å²) in [4.78, 5) is 11.0. The number of rotatable bonds is 1. The molecule has 3 nitrogen and oxygen atoms in total. The fourth-order valence-corrected chi connectivity index (χ4v) is 2.45. The quantitative estimate of drug-likeness (QED) is 0.626. The zero-order valence-corrected chi connectivity index (χ0v) is 7.88. The molecule has 1 saturated carbocycles. The molecule has 0 aromatic carbocycles. The zero-order valence-electron chi connectivity index (χ0n) is 7.88. The Balaban J connectivity index is 1.98. The lowest BCUT2D eigenvalue weighted by Crippen LogP contribution is -2.50. The monoisotopic (exact) mass is 183 g/mol. The van der Waals surface area contributed by atoms with Gasteiger partial charge in [-0.05, 0) is 32.2 Å². The van der Waals surface area contributed by atoms with Crippen LogP contribution < -0.4 is 5.32 Å². The maximum Gasteiger partial charge on any atom is 0.133 e. The Morgan fingerprint density at radius 1 is 1.38 bits per heavy atom. The van der Waals surface area contributed by atoms with Gasteiger partial charge in [0.05, 0.1) is 5.60 Å². The average molecular weight is 183 g/mol. The Labute approximate surface area is 78.5 Å². The van der Waals surface area contributed by atoms with E-state index < -0.39 is 5.60 Å². The van der Waals surface area contributed by atoms with Crippen LogP contribution >= 0.6 is 0 Å². The number of aliphatic hydroxyl groups is 1. The lowest BCUT2D eigenvalue weighted by atomic mass is 9.78. The molecule has 1 aliphatic heterocycles. The molecule has 74 valence electrons. The third-order valence-electron chi connectivity index (χ3n) is 3.38. The number of nitrogens with one attached hydrogen (secondary N) is 1. The van der Waals surface area contributed by atoms with Crippen molar-refractivity contribution in [2.45, 2.75) is 50.2 Å². The van der Waals surface area contributed by atoms with Gasteiger partial charge in [-0.2, -0.15) is 0 Å². The van der Waals surface area contributed by atoms with Crippen molar-refractivity contribution >= 4 is 5.78 Å². The van der Waals surface area contributed by atoms with E-state index in [4.69, 9.17) is 0 Å². The molecular formula is C10H17NO2. The summed E-state index contributed by atoms with van der Waals surface area (Å²) in [7, 11) is 0. The molecule has 2 fully saturated rings. The van der Waals surface area contributed by atoms with E-state index in [1.807, 2.05) is 0 Å². The van der Waals surface area contributed by atoms with Crippen molar-refractivity contribution in [1.29, 1.82) is 0 Å². The van der Waals surface area contributed by atoms with Gasteiger partial charge < -0.3 is 10.4 Å². The number of hydrogen-bond donors (Lipinski definition) is 2. The molecule has 0 spiro atoms. The number of carbonyl (C=O) groups excluding carboxylic acids is 1. The standard InChI is InChI=1S/C10H17NO2/c12-8-3-5-10(13,6-4-8)9-2-1-7-11-9/h9,11,13H,1-7H2. The Hall–Kier alpha value is -0.410. The lowest BCUT2D eigenvalue weighted by Gasteiger charge is -2.36. The van der Waals surface area contributed by atoms with Crippen LogP contribution in [-0.4, -0.2) is 29.1 Å². The summed E-state index contributed by atoms with van der Waals surface area (Å²) >= 11 is 0. The van der Waals surface area contributed by atoms with E-state index in [0.29, 0.717) is 31.5 Å². The third kappa shape index (κ3) is 1.76. The fourth-order valence-electron chi connectivity index (χ4n) is 2.45. The maximum atomic E-state index is 11.0. The minimum atomic E-state index is -0.593. The van der Waals surface area contributed by atoms with Crippen molar-refractivity contribution in [3.63, 3.8) is 0 Å². The van der Waals surface area contributed by atoms with Crippen LogP contribution in [0.5, 0.6) is 0 Å². The minimum absolute atomic E-state index is 0.237. The van der Waals surface area contributed by atoms with Crippen LogP contribution in [0.15, 0.2) is 0 Å². The Kier molecular flexibility index (Phi) is 2.39. The number of hydrogen-bond acceptors (Lipinski definition) is 3. The molecule has 2 aliphatic rings. The van der Waals surface area contributed by atoms with Gasteiger partial charge >= 0.3 is 0 Å². The van der Waals surface area contributed by atoms with Crippen LogP contribution in [0.25, 0.3) is 0 Å². The van der Waals surface area contributed by atoms with Crippen molar-refractivity contribution in [1.82, 2.24) is 5.32 Å². The summed E-state index contributed by atoms with van der Waals surface area (Å²) in [5.41, 5.74) is -0.593. The van der Waals surface area contributed by atoms with E-state index in [1.165, 1.54) is 0 Å². The van der Waals surface area contributed by atoms with E-state index in [2.05, 4.69) is 5.32 Å². The van der Waals surface area contributed by atoms with E-state index >= 15 is 0 Å². The van der Waals surface area contributed by atoms with Crippen LogP contribution in [0.2, 0.25) is 0 Å². The molecule has 2 N–H and O–H groups in total. The van der Waals surface area contributed by atoms with E-state index in [0.717, 1.165) is 19.4 Å². The highest BCUT2D eigenvalue weighted by Gasteiger charge is 2.40. The zero-order chi connectivity index (χ0) is 9.31. The molecule has 1 aliphatic carbocycles. The molecule has 1 atom stereocenters. The average Bonchev–Trinajstić information content (AvgIpc) is 2.63. The molecule has 0 aromatic heterocycles. The second-order valence-electron chi connectivity index (χ2n) is 4.29. The first-order valence-corrected chi connectivity index (χ1v) is 5.18. The SMILES string of the molecule is O=C1CCC(O)(C2CCCN2)CC1. The predicted octanol–water partition coefficient (Wildman–Crippen LogP) is 0.613. The molecule has 0 amide bonds. The number of Topliss-reactive ketones (excluding diaryl/α,β-unsaturated/α-hetero) is 1. The normalized spacial score (nSPS) is 33.6. The second kappa shape index (κ2) is 3.39. The van der Waals surface area contributed by atoms with Crippen LogP contribution in [0.3, 0.4) is 0 Å². The van der Waals surface area contributed by atoms with Crippen LogP contribution in [-0.2, 0) is 4.79 Å². The molecule has 1 unspecified atom stereocenters. The van der Waals surface area contributed by atoms with E-state index in [-0.39, 0.29) is 6.04 Å². The Morgan fingerprint density at radius 3 is 2.62 bits per heavy atom. The molecule has 3 heteroatoms. The van der Waals surface area contributed by atoms with Gasteiger partial charge in [0.25, 0.3) is 0 Å². The molecule has 1 heterocycles. The fraction of sp³-hybridized carbons (Fsp3) is 0.900. The third-order valence-corrected chi connectivity index (χ3v) is 3.38. The maximum absolute atomic E-state index is 11.0. The topological polar surface area (TPSA) is 49.3 Å². The van der Waals surface area contributed by atoms with Crippen molar-refractivity contribution in [2.75, 3.05) is 6.54 Å². The highest BCUT2D eigenvalue weighted by atomic mass is 16.3. The van der Waals surface area contributed by atoms with Gasteiger partial charge in [0.1, 0.15) is 5.78 Å². The molecule has 0 aromatic rings. The summed E-state index contributed by atoms with van der Waals surface area (Å²) in [5.74, 6) is 0.308. The van der Waals surface area contributed by atoms with Crippen molar-refractivity contribution in [2.24, 2.45) is 0 Å². The first-order valence-electron chi connectivity index (χ1n) is 5.18. The Bertz CT molecular complexity index is 199. The summed E-state index contributed by atoms with van der Waals surface area (Å²) in [6.07, 6.45) is 4.65. The van der Waals surface area contributed by atoms with Crippen molar-refractivity contribution < 1.29 is 9.90 Å². The van der Waals surface area contributed by atoms with Crippen LogP contribution in [0, 0.1) is 0 Å². The number of ketones is 1. The first kappa shape index (κ1) is 9.16. The van der Waals surface area contributed by atoms with Gasteiger partial charge in [-0.15, -0.1) is 0 Å². The predicted molar refractivity (Wildman–Crippen MR) is 49.4 cm³/mol. The summed E-state index contributed by atoms with van der Waals surface area (Å²) in [5, 5.41) is 13.6. The minimum Gasteiger partial charge on any atom is -0.388 e. The lowest BCUT2D eigenvalue weighted by molar-refractivity contribution is -0.126. The Morgan fingerprint density at radius 2 is 2.08 bits per heavy atom. The molecule has 1 saturated heterocycles. The molecule has 0 bridgehead atoms. The van der Waals surface area contributed by atoms with Gasteiger partial charge in [0.15, 0.2) is 0 Å². The van der Waals surface area contributed by atoms with Gasteiger partial charge in [0, 0.05) is 18.9 Å². The van der Waals surface area contributed by atoms with Gasteiger partial charge in [0.2, 0.25) is 0 Å². The van der Waals surface area contributed by atoms with Crippen molar-refractivity contribution in [3.05, 3.63) is 0 Å². The highest BCUT2D eigenvalue weighted by Crippen LogP contribution is 2.32. The van der Waals surface area contributed by atoms with Crippen LogP contribution in [0.1, 0.15) is 38.5 Å². The first-order chi connectivity index (χ1) is 6.21. The van der Waals surface area contributed by atoms with E-state index in [9.17, 15) is 9.90 Å². The smallest absolute Gasteiger partial charge is 0.133 e. The van der Waals surface area contributed by atoms with Gasteiger partial charge in [-0.3, -0.25) is 4.79 Å². The van der Waals surface area contributed by atoms with Crippen LogP contribution in [0.4, 0.5) is 0 Å². The summed E-state index contributed by atoms with van der Waals surface area (Å²) in [6.45, 7) is 1.01. The highest BCUT2D eigenvalue weighted by molar-refractivity contribution is 5.79. The molecular weight excluding hydrogens is 166 g/mol. The largest absolute Gasteiger partial charge is 0.388 e. The summed E-state index contributed by atoms with van der Waals surface area (Å²) in [6, 6.07) is 0.237.